The molecule has 0 radical (unpaired) electrons. The van der Waals surface area contributed by atoms with Gasteiger partial charge in [0.15, 0.2) is 5.82 Å². The largest absolute Gasteiger partial charge is 0.490 e. The molecule has 1 aromatic carbocycles. The van der Waals surface area contributed by atoms with Gasteiger partial charge < -0.3 is 25.3 Å². The fourth-order valence-electron chi connectivity index (χ4n) is 2.11. The van der Waals surface area contributed by atoms with E-state index in [1.54, 1.807) is 18.2 Å². The zero-order valence-corrected chi connectivity index (χ0v) is 14.5. The normalized spacial score (nSPS) is 12.1. The van der Waals surface area contributed by atoms with E-state index < -0.39 is 11.0 Å². The molecule has 0 spiro atoms. The number of fused-ring (bicyclic) bond motifs is 1. The Morgan fingerprint density at radius 3 is 2.92 bits per heavy atom. The quantitative estimate of drug-likeness (QED) is 0.455. The first-order chi connectivity index (χ1) is 12.0. The van der Waals surface area contributed by atoms with Gasteiger partial charge in [0.25, 0.3) is 0 Å². The monoisotopic (exact) mass is 407 g/mol. The highest BCUT2D eigenvalue weighted by Gasteiger charge is 2.16. The Kier molecular flexibility index (Phi) is 5.10. The van der Waals surface area contributed by atoms with Crippen molar-refractivity contribution in [1.29, 1.82) is 0 Å². The van der Waals surface area contributed by atoms with Crippen LogP contribution in [0.3, 0.4) is 0 Å². The summed E-state index contributed by atoms with van der Waals surface area (Å²) < 4.78 is 7.47. The number of hydrogen-bond acceptors (Lipinski definition) is 7. The van der Waals surface area contributed by atoms with Crippen LogP contribution < -0.4 is 10.1 Å². The second-order valence-corrected chi connectivity index (χ2v) is 5.99. The number of rotatable bonds is 7. The van der Waals surface area contributed by atoms with Crippen molar-refractivity contribution in [3.63, 3.8) is 0 Å². The van der Waals surface area contributed by atoms with Crippen LogP contribution in [-0.4, -0.2) is 43.9 Å². The van der Waals surface area contributed by atoms with E-state index in [0.29, 0.717) is 17.2 Å². The number of halogens is 1. The molecule has 1 unspecified atom stereocenters. The lowest BCUT2D eigenvalue weighted by Gasteiger charge is -2.14. The zero-order chi connectivity index (χ0) is 17.8. The van der Waals surface area contributed by atoms with Gasteiger partial charge in [0.1, 0.15) is 24.7 Å². The topological polar surface area (TPSA) is 115 Å². The van der Waals surface area contributed by atoms with Crippen LogP contribution in [0.1, 0.15) is 0 Å². The molecule has 2 heterocycles. The molecule has 0 fully saturated rings. The van der Waals surface area contributed by atoms with E-state index in [9.17, 15) is 15.2 Å². The van der Waals surface area contributed by atoms with E-state index in [1.807, 2.05) is 18.2 Å². The first-order valence-corrected chi connectivity index (χ1v) is 8.12. The average molecular weight is 408 g/mol. The van der Waals surface area contributed by atoms with E-state index in [2.05, 4.69) is 31.3 Å². The molecular weight excluding hydrogens is 394 g/mol. The van der Waals surface area contributed by atoms with E-state index in [-0.39, 0.29) is 19.0 Å². The van der Waals surface area contributed by atoms with Crippen molar-refractivity contribution < 1.29 is 14.8 Å². The summed E-state index contributed by atoms with van der Waals surface area (Å²) in [4.78, 5) is 14.3. The van der Waals surface area contributed by atoms with E-state index in [4.69, 9.17) is 4.74 Å². The molecule has 1 atom stereocenters. The van der Waals surface area contributed by atoms with Gasteiger partial charge in [-0.2, -0.15) is 0 Å². The fraction of sp³-hybridized carbons (Fsp3) is 0.200. The maximum absolute atomic E-state index is 10.9. The number of aromatic nitrogens is 3. The Labute approximate surface area is 150 Å². The molecule has 25 heavy (non-hydrogen) atoms. The molecule has 3 rings (SSSR count). The second kappa shape index (κ2) is 7.45. The molecule has 2 aromatic heterocycles. The molecule has 0 saturated heterocycles. The van der Waals surface area contributed by atoms with Gasteiger partial charge >= 0.3 is 5.82 Å². The van der Waals surface area contributed by atoms with Crippen LogP contribution in [-0.2, 0) is 0 Å². The SMILES string of the molecule is O=[N+]([O-])c1cnc2ccc(NCC(O)COc3ccccc3Br)nn12. The molecule has 0 saturated carbocycles. The number of nitrogens with one attached hydrogen (secondary N) is 1. The first kappa shape index (κ1) is 17.1. The van der Waals surface area contributed by atoms with Crippen LogP contribution in [0.4, 0.5) is 11.6 Å². The summed E-state index contributed by atoms with van der Waals surface area (Å²) >= 11 is 3.36. The zero-order valence-electron chi connectivity index (χ0n) is 12.9. The smallest absolute Gasteiger partial charge is 0.368 e. The van der Waals surface area contributed by atoms with Crippen LogP contribution in [0.25, 0.3) is 5.65 Å². The van der Waals surface area contributed by atoms with Crippen LogP contribution in [0.5, 0.6) is 5.75 Å². The molecule has 3 aromatic rings. The van der Waals surface area contributed by atoms with Crippen LogP contribution in [0.2, 0.25) is 0 Å². The van der Waals surface area contributed by atoms with Gasteiger partial charge in [-0.15, -0.1) is 0 Å². The summed E-state index contributed by atoms with van der Waals surface area (Å²) in [6.07, 6.45) is 0.356. The summed E-state index contributed by atoms with van der Waals surface area (Å²) in [5, 5.41) is 28.0. The van der Waals surface area contributed by atoms with Crippen molar-refractivity contribution >= 4 is 33.2 Å². The Morgan fingerprint density at radius 2 is 2.16 bits per heavy atom. The van der Waals surface area contributed by atoms with E-state index in [1.165, 1.54) is 0 Å². The first-order valence-electron chi connectivity index (χ1n) is 7.33. The summed E-state index contributed by atoms with van der Waals surface area (Å²) in [7, 11) is 0. The number of anilines is 1. The molecule has 0 aliphatic carbocycles. The van der Waals surface area contributed by atoms with Crippen molar-refractivity contribution in [2.75, 3.05) is 18.5 Å². The van der Waals surface area contributed by atoms with Crippen molar-refractivity contribution in [1.82, 2.24) is 14.6 Å². The number of ether oxygens (including phenoxy) is 1. The van der Waals surface area contributed by atoms with Gasteiger partial charge in [-0.1, -0.05) is 21.7 Å². The van der Waals surface area contributed by atoms with Gasteiger partial charge in [-0.05, 0) is 39.1 Å². The van der Waals surface area contributed by atoms with Crippen molar-refractivity contribution in [3.8, 4) is 5.75 Å². The number of hydrogen-bond donors (Lipinski definition) is 2. The van der Waals surface area contributed by atoms with E-state index in [0.717, 1.165) is 15.2 Å². The molecule has 130 valence electrons. The minimum atomic E-state index is -0.789. The van der Waals surface area contributed by atoms with Crippen LogP contribution in [0, 0.1) is 10.1 Å². The second-order valence-electron chi connectivity index (χ2n) is 5.14. The highest BCUT2D eigenvalue weighted by Crippen LogP contribution is 2.23. The molecule has 0 aliphatic heterocycles. The predicted molar refractivity (Wildman–Crippen MR) is 93.8 cm³/mol. The Hall–Kier alpha value is -2.72. The summed E-state index contributed by atoms with van der Waals surface area (Å²) in [6, 6.07) is 10.6. The molecule has 0 bridgehead atoms. The average Bonchev–Trinajstić information content (AvgIpc) is 3.02. The molecular formula is C15H14BrN5O4. The maximum Gasteiger partial charge on any atom is 0.368 e. The third kappa shape index (κ3) is 4.03. The van der Waals surface area contributed by atoms with Gasteiger partial charge in [0, 0.05) is 12.6 Å². The standard InChI is InChI=1S/C15H14BrN5O4/c16-11-3-1-2-4-12(11)25-9-10(22)7-17-13-5-6-14-18-8-15(21(23)24)20(14)19-13/h1-6,8,10,22H,7,9H2,(H,17,19). The molecule has 9 nitrogen and oxygen atoms in total. The highest BCUT2D eigenvalue weighted by atomic mass is 79.9. The Balaban J connectivity index is 1.59. The summed E-state index contributed by atoms with van der Waals surface area (Å²) in [6.45, 7) is 0.258. The maximum atomic E-state index is 10.9. The van der Waals surface area contributed by atoms with E-state index >= 15 is 0 Å². The molecule has 0 amide bonds. The molecule has 2 N–H and O–H groups in total. The Bertz CT molecular complexity index is 901. The van der Waals surface area contributed by atoms with Crippen LogP contribution in [0.15, 0.2) is 47.1 Å². The van der Waals surface area contributed by atoms with Gasteiger partial charge in [0.2, 0.25) is 5.65 Å². The van der Waals surface area contributed by atoms with Crippen molar-refractivity contribution in [2.45, 2.75) is 6.10 Å². The van der Waals surface area contributed by atoms with Gasteiger partial charge in [-0.25, -0.2) is 4.98 Å². The van der Waals surface area contributed by atoms with Crippen molar-refractivity contribution in [3.05, 3.63) is 57.2 Å². The lowest BCUT2D eigenvalue weighted by Crippen LogP contribution is -2.26. The number of imidazole rings is 1. The van der Waals surface area contributed by atoms with Crippen LogP contribution >= 0.6 is 15.9 Å². The minimum absolute atomic E-state index is 0.0864. The van der Waals surface area contributed by atoms with Gasteiger partial charge in [-0.3, -0.25) is 0 Å². The molecule has 0 aliphatic rings. The number of nitrogens with zero attached hydrogens (tertiary/aromatic N) is 4. The third-order valence-corrected chi connectivity index (χ3v) is 3.97. The fourth-order valence-corrected chi connectivity index (χ4v) is 2.51. The lowest BCUT2D eigenvalue weighted by atomic mass is 10.3. The Morgan fingerprint density at radius 1 is 1.36 bits per heavy atom. The molecule has 10 heteroatoms. The number of nitro groups is 1. The number of aliphatic hydroxyl groups excluding tert-OH is 1. The number of aliphatic hydroxyl groups is 1. The van der Waals surface area contributed by atoms with Crippen molar-refractivity contribution in [2.24, 2.45) is 0 Å². The third-order valence-electron chi connectivity index (χ3n) is 3.32. The van der Waals surface area contributed by atoms with Gasteiger partial charge in [0.05, 0.1) is 4.47 Å². The lowest BCUT2D eigenvalue weighted by molar-refractivity contribution is -0.391. The summed E-state index contributed by atoms with van der Waals surface area (Å²) in [5.41, 5.74) is 0.370. The summed E-state index contributed by atoms with van der Waals surface area (Å²) in [5.74, 6) is 0.792. The number of benzene rings is 1. The number of para-hydroxylation sites is 1. The predicted octanol–water partition coefficient (Wildman–Crippen LogP) is 2.25. The minimum Gasteiger partial charge on any atom is -0.490 e. The highest BCUT2D eigenvalue weighted by molar-refractivity contribution is 9.10.